The van der Waals surface area contributed by atoms with Crippen molar-refractivity contribution < 1.29 is 4.79 Å². The Morgan fingerprint density at radius 3 is 2.52 bits per heavy atom. The number of benzene rings is 1. The van der Waals surface area contributed by atoms with Gasteiger partial charge in [0.15, 0.2) is 0 Å². The van der Waals surface area contributed by atoms with Crippen LogP contribution >= 0.6 is 11.8 Å². The fourth-order valence-electron chi connectivity index (χ4n) is 4.83. The summed E-state index contributed by atoms with van der Waals surface area (Å²) in [4.78, 5) is 15.8. The number of thioether (sulfide) groups is 1. The average molecular weight is 413 g/mol. The topological polar surface area (TPSA) is 50.2 Å². The molecular formula is C23H32N4OS. The third-order valence-electron chi connectivity index (χ3n) is 6.52. The Morgan fingerprint density at radius 1 is 1.17 bits per heavy atom. The quantitative estimate of drug-likeness (QED) is 0.783. The molecule has 0 unspecified atom stereocenters. The van der Waals surface area contributed by atoms with Crippen LogP contribution in [0.3, 0.4) is 0 Å². The Balaban J connectivity index is 1.50. The van der Waals surface area contributed by atoms with E-state index < -0.39 is 0 Å². The molecule has 2 aliphatic rings. The lowest BCUT2D eigenvalue weighted by Gasteiger charge is -2.43. The third-order valence-corrected chi connectivity index (χ3v) is 7.46. The van der Waals surface area contributed by atoms with Crippen molar-refractivity contribution in [2.45, 2.75) is 51.5 Å². The van der Waals surface area contributed by atoms with E-state index >= 15 is 0 Å². The number of rotatable bonds is 6. The third kappa shape index (κ3) is 4.24. The van der Waals surface area contributed by atoms with E-state index in [0.29, 0.717) is 5.56 Å². The summed E-state index contributed by atoms with van der Waals surface area (Å²) in [6, 6.07) is 8.28. The minimum Gasteiger partial charge on any atom is -0.350 e. The van der Waals surface area contributed by atoms with E-state index in [1.54, 1.807) is 6.20 Å². The van der Waals surface area contributed by atoms with Gasteiger partial charge in [-0.3, -0.25) is 9.69 Å². The van der Waals surface area contributed by atoms with Gasteiger partial charge in [-0.15, -0.1) is 0 Å². The zero-order chi connectivity index (χ0) is 20.3. The lowest BCUT2D eigenvalue weighted by Crippen LogP contribution is -2.56. The van der Waals surface area contributed by atoms with Crippen LogP contribution in [0.25, 0.3) is 5.69 Å². The maximum Gasteiger partial charge on any atom is 0.254 e. The smallest absolute Gasteiger partial charge is 0.254 e. The first-order valence-electron chi connectivity index (χ1n) is 10.9. The highest BCUT2D eigenvalue weighted by Gasteiger charge is 2.40. The predicted octanol–water partition coefficient (Wildman–Crippen LogP) is 3.83. The lowest BCUT2D eigenvalue weighted by molar-refractivity contribution is 0.0816. The first-order chi connectivity index (χ1) is 14.1. The summed E-state index contributed by atoms with van der Waals surface area (Å²) in [6.45, 7) is 7.20. The van der Waals surface area contributed by atoms with Gasteiger partial charge in [-0.25, -0.2) is 4.68 Å². The summed E-state index contributed by atoms with van der Waals surface area (Å²) in [7, 11) is 0. The van der Waals surface area contributed by atoms with Gasteiger partial charge in [-0.2, -0.15) is 16.9 Å². The highest BCUT2D eigenvalue weighted by Crippen LogP contribution is 2.36. The molecule has 1 aromatic carbocycles. The van der Waals surface area contributed by atoms with Gasteiger partial charge in [0.05, 0.1) is 23.1 Å². The molecule has 156 valence electrons. The van der Waals surface area contributed by atoms with E-state index in [4.69, 9.17) is 0 Å². The van der Waals surface area contributed by atoms with Gasteiger partial charge >= 0.3 is 0 Å². The summed E-state index contributed by atoms with van der Waals surface area (Å²) in [5, 5.41) is 7.82. The Morgan fingerprint density at radius 2 is 1.86 bits per heavy atom. The normalized spacial score (nSPS) is 19.4. The maximum absolute atomic E-state index is 13.1. The Kier molecular flexibility index (Phi) is 6.30. The second kappa shape index (κ2) is 8.92. The van der Waals surface area contributed by atoms with Crippen LogP contribution in [-0.4, -0.2) is 57.3 Å². The predicted molar refractivity (Wildman–Crippen MR) is 120 cm³/mol. The minimum atomic E-state index is 0.0119. The van der Waals surface area contributed by atoms with Crippen molar-refractivity contribution in [2.75, 3.05) is 31.1 Å². The van der Waals surface area contributed by atoms with Crippen LogP contribution in [0.15, 0.2) is 30.5 Å². The monoisotopic (exact) mass is 412 g/mol. The number of aryl methyl sites for hydroxylation is 1. The summed E-state index contributed by atoms with van der Waals surface area (Å²) in [6.07, 6.45) is 7.43. The SMILES string of the molecule is CCc1c(C(=O)NCC2(N3CCSCC3)CCCC2)cnn1-c1ccc(C)cc1. The zero-order valence-electron chi connectivity index (χ0n) is 17.6. The summed E-state index contributed by atoms with van der Waals surface area (Å²) in [5.41, 5.74) is 4.05. The Bertz CT molecular complexity index is 833. The van der Waals surface area contributed by atoms with Crippen molar-refractivity contribution in [3.05, 3.63) is 47.3 Å². The first-order valence-corrected chi connectivity index (χ1v) is 12.0. The molecule has 0 atom stereocenters. The highest BCUT2D eigenvalue weighted by atomic mass is 32.2. The molecule has 0 radical (unpaired) electrons. The number of amides is 1. The van der Waals surface area contributed by atoms with Gasteiger partial charge in [0, 0.05) is 36.7 Å². The van der Waals surface area contributed by atoms with Crippen molar-refractivity contribution in [1.82, 2.24) is 20.0 Å². The average Bonchev–Trinajstić information content (AvgIpc) is 3.41. The van der Waals surface area contributed by atoms with Crippen molar-refractivity contribution in [2.24, 2.45) is 0 Å². The molecule has 0 spiro atoms. The van der Waals surface area contributed by atoms with Crippen molar-refractivity contribution in [3.8, 4) is 5.69 Å². The van der Waals surface area contributed by atoms with Crippen LogP contribution in [0.1, 0.15) is 54.2 Å². The van der Waals surface area contributed by atoms with E-state index in [1.807, 2.05) is 16.4 Å². The van der Waals surface area contributed by atoms with Crippen molar-refractivity contribution in [3.63, 3.8) is 0 Å². The molecule has 1 N–H and O–H groups in total. The molecule has 2 fully saturated rings. The van der Waals surface area contributed by atoms with E-state index in [1.165, 1.54) is 42.8 Å². The molecule has 1 saturated carbocycles. The van der Waals surface area contributed by atoms with E-state index in [9.17, 15) is 4.79 Å². The van der Waals surface area contributed by atoms with E-state index in [-0.39, 0.29) is 11.4 Å². The van der Waals surface area contributed by atoms with Crippen molar-refractivity contribution >= 4 is 17.7 Å². The van der Waals surface area contributed by atoms with Crippen LogP contribution < -0.4 is 5.32 Å². The van der Waals surface area contributed by atoms with Crippen LogP contribution in [-0.2, 0) is 6.42 Å². The van der Waals surface area contributed by atoms with Gasteiger partial charge < -0.3 is 5.32 Å². The molecule has 2 aromatic rings. The molecule has 1 aliphatic heterocycles. The first kappa shape index (κ1) is 20.5. The highest BCUT2D eigenvalue weighted by molar-refractivity contribution is 7.99. The Labute approximate surface area is 178 Å². The fourth-order valence-corrected chi connectivity index (χ4v) is 5.73. The zero-order valence-corrected chi connectivity index (χ0v) is 18.4. The maximum atomic E-state index is 13.1. The molecule has 1 aromatic heterocycles. The summed E-state index contributed by atoms with van der Waals surface area (Å²) < 4.78 is 1.90. The molecular weight excluding hydrogens is 380 g/mol. The van der Waals surface area contributed by atoms with Gasteiger partial charge in [-0.05, 0) is 38.3 Å². The molecule has 1 amide bonds. The second-order valence-electron chi connectivity index (χ2n) is 8.32. The largest absolute Gasteiger partial charge is 0.350 e. The fraction of sp³-hybridized carbons (Fsp3) is 0.565. The van der Waals surface area contributed by atoms with Gasteiger partial charge in [0.1, 0.15) is 0 Å². The van der Waals surface area contributed by atoms with E-state index in [2.05, 4.69) is 53.4 Å². The van der Waals surface area contributed by atoms with Crippen LogP contribution in [0.4, 0.5) is 0 Å². The van der Waals surface area contributed by atoms with Crippen LogP contribution in [0.2, 0.25) is 0 Å². The molecule has 6 heteroatoms. The number of carbonyl (C=O) groups is 1. The number of nitrogens with zero attached hydrogens (tertiary/aromatic N) is 3. The van der Waals surface area contributed by atoms with Crippen LogP contribution in [0, 0.1) is 6.92 Å². The molecule has 1 saturated heterocycles. The molecule has 1 aliphatic carbocycles. The number of carbonyl (C=O) groups excluding carboxylic acids is 1. The molecule has 29 heavy (non-hydrogen) atoms. The van der Waals surface area contributed by atoms with Gasteiger partial charge in [0.25, 0.3) is 5.91 Å². The van der Waals surface area contributed by atoms with E-state index in [0.717, 1.165) is 37.4 Å². The standard InChI is InChI=1S/C23H32N4OS/c1-3-21-20(16-25-27(21)19-8-6-18(2)7-9-19)22(28)24-17-23(10-4-5-11-23)26-12-14-29-15-13-26/h6-9,16H,3-5,10-15,17H2,1-2H3,(H,24,28). The number of aromatic nitrogens is 2. The summed E-state index contributed by atoms with van der Waals surface area (Å²) >= 11 is 2.04. The minimum absolute atomic E-state index is 0.0119. The number of nitrogens with one attached hydrogen (secondary N) is 1. The second-order valence-corrected chi connectivity index (χ2v) is 9.54. The Hall–Kier alpha value is -1.79. The van der Waals surface area contributed by atoms with Gasteiger partial charge in [-0.1, -0.05) is 37.5 Å². The number of hydrogen-bond donors (Lipinski definition) is 1. The van der Waals surface area contributed by atoms with Crippen molar-refractivity contribution in [1.29, 1.82) is 0 Å². The number of hydrogen-bond acceptors (Lipinski definition) is 4. The van der Waals surface area contributed by atoms with Crippen LogP contribution in [0.5, 0.6) is 0 Å². The molecule has 4 rings (SSSR count). The molecule has 2 heterocycles. The summed E-state index contributed by atoms with van der Waals surface area (Å²) in [5.74, 6) is 2.43. The molecule has 0 bridgehead atoms. The lowest BCUT2D eigenvalue weighted by atomic mass is 9.94. The molecule has 5 nitrogen and oxygen atoms in total. The van der Waals surface area contributed by atoms with Gasteiger partial charge in [0.2, 0.25) is 0 Å².